The van der Waals surface area contributed by atoms with Crippen LogP contribution in [0.1, 0.15) is 22.8 Å². The van der Waals surface area contributed by atoms with Gasteiger partial charge < -0.3 is 9.47 Å². The number of rotatable bonds is 2. The Morgan fingerprint density at radius 3 is 2.82 bits per heavy atom. The predicted molar refractivity (Wildman–Crippen MR) is 61.2 cm³/mol. The minimum atomic E-state index is -0.377. The highest BCUT2D eigenvalue weighted by molar-refractivity contribution is 5.90. The molecule has 0 N–H and O–H groups in total. The van der Waals surface area contributed by atoms with Crippen LogP contribution in [0.2, 0.25) is 0 Å². The number of carbonyl (C=O) groups excluding carboxylic acids is 2. The summed E-state index contributed by atoms with van der Waals surface area (Å²) in [5.74, 6) is 0.363. The van der Waals surface area contributed by atoms with Crippen LogP contribution in [0.5, 0.6) is 5.75 Å². The lowest BCUT2D eigenvalue weighted by Gasteiger charge is -2.23. The quantitative estimate of drug-likeness (QED) is 0.729. The van der Waals surface area contributed by atoms with E-state index >= 15 is 0 Å². The second kappa shape index (κ2) is 4.57. The molecule has 0 aliphatic carbocycles. The third-order valence-electron chi connectivity index (χ3n) is 2.96. The predicted octanol–water partition coefficient (Wildman–Crippen LogP) is 1.61. The Balaban J connectivity index is 2.29. The van der Waals surface area contributed by atoms with E-state index in [-0.39, 0.29) is 17.7 Å². The van der Waals surface area contributed by atoms with Crippen molar-refractivity contribution >= 4 is 11.8 Å². The van der Waals surface area contributed by atoms with Crippen molar-refractivity contribution in [3.8, 4) is 5.75 Å². The first kappa shape index (κ1) is 11.6. The molecule has 0 saturated carbocycles. The summed E-state index contributed by atoms with van der Waals surface area (Å²) in [6, 6.07) is 5.15. The first-order valence-electron chi connectivity index (χ1n) is 5.46. The number of fused-ring (bicyclic) bond motifs is 1. The number of benzene rings is 1. The fraction of sp³-hybridized carbons (Fsp3) is 0.385. The van der Waals surface area contributed by atoms with Gasteiger partial charge in [0.1, 0.15) is 11.5 Å². The van der Waals surface area contributed by atoms with Gasteiger partial charge in [0.05, 0.1) is 25.2 Å². The first-order chi connectivity index (χ1) is 8.11. The number of hydrogen-bond acceptors (Lipinski definition) is 4. The SMILES string of the molecule is COC(=O)c1ccc2c(c1)CC(C(C)=O)CO2. The largest absolute Gasteiger partial charge is 0.493 e. The maximum Gasteiger partial charge on any atom is 0.337 e. The molecule has 1 heterocycles. The molecule has 0 amide bonds. The summed E-state index contributed by atoms with van der Waals surface area (Å²) < 4.78 is 10.1. The molecule has 0 fully saturated rings. The van der Waals surface area contributed by atoms with E-state index in [0.29, 0.717) is 18.6 Å². The average molecular weight is 234 g/mol. The number of carbonyl (C=O) groups is 2. The molecule has 4 heteroatoms. The smallest absolute Gasteiger partial charge is 0.337 e. The fourth-order valence-corrected chi connectivity index (χ4v) is 1.90. The molecule has 1 aliphatic rings. The zero-order chi connectivity index (χ0) is 12.4. The molecule has 2 rings (SSSR count). The molecule has 1 aromatic rings. The van der Waals surface area contributed by atoms with Crippen LogP contribution in [-0.2, 0) is 16.0 Å². The van der Waals surface area contributed by atoms with Gasteiger partial charge in [0.2, 0.25) is 0 Å². The van der Waals surface area contributed by atoms with Crippen LogP contribution in [0.25, 0.3) is 0 Å². The van der Waals surface area contributed by atoms with Gasteiger partial charge in [-0.25, -0.2) is 4.79 Å². The first-order valence-corrected chi connectivity index (χ1v) is 5.46. The molecular formula is C13H14O4. The van der Waals surface area contributed by atoms with E-state index in [0.717, 1.165) is 11.3 Å². The normalized spacial score (nSPS) is 17.9. The zero-order valence-corrected chi connectivity index (χ0v) is 9.86. The number of methoxy groups -OCH3 is 1. The summed E-state index contributed by atoms with van der Waals surface area (Å²) in [5.41, 5.74) is 1.37. The van der Waals surface area contributed by atoms with Gasteiger partial charge in [0.25, 0.3) is 0 Å². The molecule has 0 saturated heterocycles. The van der Waals surface area contributed by atoms with Gasteiger partial charge >= 0.3 is 5.97 Å². The van der Waals surface area contributed by atoms with Gasteiger partial charge in [-0.15, -0.1) is 0 Å². The lowest BCUT2D eigenvalue weighted by molar-refractivity contribution is -0.121. The lowest BCUT2D eigenvalue weighted by atomic mass is 9.93. The molecule has 17 heavy (non-hydrogen) atoms. The van der Waals surface area contributed by atoms with Gasteiger partial charge in [-0.1, -0.05) is 0 Å². The molecule has 1 unspecified atom stereocenters. The minimum absolute atomic E-state index is 0.110. The topological polar surface area (TPSA) is 52.6 Å². The van der Waals surface area contributed by atoms with E-state index in [4.69, 9.17) is 4.74 Å². The molecule has 90 valence electrons. The molecule has 1 aromatic carbocycles. The molecule has 0 spiro atoms. The summed E-state index contributed by atoms with van der Waals surface area (Å²) in [6.45, 7) is 1.98. The summed E-state index contributed by atoms with van der Waals surface area (Å²) in [5, 5.41) is 0. The van der Waals surface area contributed by atoms with Crippen molar-refractivity contribution in [2.75, 3.05) is 13.7 Å². The van der Waals surface area contributed by atoms with Crippen LogP contribution >= 0.6 is 0 Å². The standard InChI is InChI=1S/C13H14O4/c1-8(14)11-6-10-5-9(13(15)16-2)3-4-12(10)17-7-11/h3-5,11H,6-7H2,1-2H3. The highest BCUT2D eigenvalue weighted by Crippen LogP contribution is 2.28. The lowest BCUT2D eigenvalue weighted by Crippen LogP contribution is -2.26. The van der Waals surface area contributed by atoms with Crippen LogP contribution in [-0.4, -0.2) is 25.5 Å². The summed E-state index contributed by atoms with van der Waals surface area (Å²) >= 11 is 0. The highest BCUT2D eigenvalue weighted by Gasteiger charge is 2.24. The van der Waals surface area contributed by atoms with Gasteiger partial charge in [-0.05, 0) is 37.1 Å². The number of Topliss-reactive ketones (excluding diaryl/α,β-unsaturated/α-hetero) is 1. The fourth-order valence-electron chi connectivity index (χ4n) is 1.90. The van der Waals surface area contributed by atoms with Gasteiger partial charge in [-0.3, -0.25) is 4.79 Å². The molecule has 0 aromatic heterocycles. The van der Waals surface area contributed by atoms with Gasteiger partial charge in [-0.2, -0.15) is 0 Å². The zero-order valence-electron chi connectivity index (χ0n) is 9.86. The number of hydrogen-bond donors (Lipinski definition) is 0. The number of esters is 1. The van der Waals surface area contributed by atoms with Gasteiger partial charge in [0.15, 0.2) is 0 Å². The van der Waals surface area contributed by atoms with Crippen LogP contribution in [0.3, 0.4) is 0 Å². The minimum Gasteiger partial charge on any atom is -0.493 e. The van der Waals surface area contributed by atoms with E-state index in [9.17, 15) is 9.59 Å². The Kier molecular flexibility index (Phi) is 3.13. The Morgan fingerprint density at radius 2 is 2.18 bits per heavy atom. The second-order valence-corrected chi connectivity index (χ2v) is 4.14. The molecule has 4 nitrogen and oxygen atoms in total. The van der Waals surface area contributed by atoms with Crippen LogP contribution in [0, 0.1) is 5.92 Å². The molecular weight excluding hydrogens is 220 g/mol. The van der Waals surface area contributed by atoms with Crippen LogP contribution in [0.4, 0.5) is 0 Å². The molecule has 1 atom stereocenters. The second-order valence-electron chi connectivity index (χ2n) is 4.14. The highest BCUT2D eigenvalue weighted by atomic mass is 16.5. The van der Waals surface area contributed by atoms with Crippen molar-refractivity contribution in [2.45, 2.75) is 13.3 Å². The van der Waals surface area contributed by atoms with Crippen LogP contribution in [0.15, 0.2) is 18.2 Å². The van der Waals surface area contributed by atoms with Crippen molar-refractivity contribution in [3.63, 3.8) is 0 Å². The Hall–Kier alpha value is -1.84. The van der Waals surface area contributed by atoms with E-state index in [2.05, 4.69) is 4.74 Å². The summed E-state index contributed by atoms with van der Waals surface area (Å²) in [4.78, 5) is 22.7. The van der Waals surface area contributed by atoms with Crippen molar-refractivity contribution in [2.24, 2.45) is 5.92 Å². The maximum absolute atomic E-state index is 11.4. The third-order valence-corrected chi connectivity index (χ3v) is 2.96. The molecule has 0 bridgehead atoms. The monoisotopic (exact) mass is 234 g/mol. The van der Waals surface area contributed by atoms with Crippen molar-refractivity contribution in [3.05, 3.63) is 29.3 Å². The summed E-state index contributed by atoms with van der Waals surface area (Å²) in [7, 11) is 1.34. The van der Waals surface area contributed by atoms with Crippen LogP contribution < -0.4 is 4.74 Å². The van der Waals surface area contributed by atoms with E-state index < -0.39 is 0 Å². The number of ketones is 1. The van der Waals surface area contributed by atoms with E-state index in [1.807, 2.05) is 0 Å². The average Bonchev–Trinajstić information content (AvgIpc) is 2.36. The Labute approximate surface area is 99.5 Å². The third kappa shape index (κ3) is 2.30. The van der Waals surface area contributed by atoms with E-state index in [1.54, 1.807) is 25.1 Å². The summed E-state index contributed by atoms with van der Waals surface area (Å²) in [6.07, 6.45) is 0.621. The molecule has 1 aliphatic heterocycles. The number of ether oxygens (including phenoxy) is 2. The maximum atomic E-state index is 11.4. The van der Waals surface area contributed by atoms with Gasteiger partial charge in [0, 0.05) is 0 Å². The Morgan fingerprint density at radius 1 is 1.41 bits per heavy atom. The van der Waals surface area contributed by atoms with Crippen molar-refractivity contribution in [1.29, 1.82) is 0 Å². The Bertz CT molecular complexity index is 464. The van der Waals surface area contributed by atoms with Crippen molar-refractivity contribution < 1.29 is 19.1 Å². The van der Waals surface area contributed by atoms with Crippen molar-refractivity contribution in [1.82, 2.24) is 0 Å². The molecule has 0 radical (unpaired) electrons. The van der Waals surface area contributed by atoms with E-state index in [1.165, 1.54) is 7.11 Å².